The summed E-state index contributed by atoms with van der Waals surface area (Å²) in [6.07, 6.45) is -0.808. The molecule has 19 heteroatoms. The van der Waals surface area contributed by atoms with Crippen LogP contribution in [0.3, 0.4) is 0 Å². The maximum atomic E-state index is 14.8. The molecule has 0 radical (unpaired) electrons. The molecule has 3 saturated carbocycles. The van der Waals surface area contributed by atoms with Crippen LogP contribution < -0.4 is 19.5 Å². The fourth-order valence-electron chi connectivity index (χ4n) is 8.71. The molecule has 4 fully saturated rings. The number of esters is 1. The quantitative estimate of drug-likeness (QED) is 0.0766. The Morgan fingerprint density at radius 3 is 2.29 bits per heavy atom. The average Bonchev–Trinajstić information content (AvgIpc) is 3.78. The van der Waals surface area contributed by atoms with Gasteiger partial charge in [0.05, 0.1) is 24.5 Å². The van der Waals surface area contributed by atoms with Gasteiger partial charge in [-0.15, -0.1) is 11.3 Å². The second-order valence-electron chi connectivity index (χ2n) is 18.9. The van der Waals surface area contributed by atoms with E-state index in [2.05, 4.69) is 35.8 Å². The van der Waals surface area contributed by atoms with Gasteiger partial charge in [0.2, 0.25) is 0 Å². The van der Waals surface area contributed by atoms with Crippen molar-refractivity contribution in [3.8, 4) is 5.75 Å². The van der Waals surface area contributed by atoms with Crippen LogP contribution >= 0.6 is 11.3 Å². The zero-order chi connectivity index (χ0) is 45.4. The van der Waals surface area contributed by atoms with Crippen molar-refractivity contribution in [2.24, 2.45) is 17.3 Å². The molecule has 1 aromatic heterocycles. The Hall–Kier alpha value is -4.56. The second-order valence-corrected chi connectivity index (χ2v) is 21.2. The number of Topliss-reactive ketones (excluding diaryl/α,β-unsaturated/α-hetero) is 1. The number of ether oxygens (including phenoxy) is 4. The van der Waals surface area contributed by atoms with Gasteiger partial charge < -0.3 is 28.3 Å². The summed E-state index contributed by atoms with van der Waals surface area (Å²) in [5.41, 5.74) is -1.01. The number of amides is 2. The van der Waals surface area contributed by atoms with E-state index in [4.69, 9.17) is 28.3 Å². The van der Waals surface area contributed by atoms with Crippen LogP contribution in [-0.4, -0.2) is 74.5 Å². The Morgan fingerprint density at radius 2 is 1.65 bits per heavy atom. The molecule has 1 aliphatic heterocycles. The van der Waals surface area contributed by atoms with Crippen LogP contribution in [0.5, 0.6) is 5.75 Å². The van der Waals surface area contributed by atoms with E-state index >= 15 is 0 Å². The molecule has 336 valence electrons. The van der Waals surface area contributed by atoms with E-state index in [1.807, 2.05) is 22.9 Å². The number of anilines is 1. The summed E-state index contributed by atoms with van der Waals surface area (Å²) in [4.78, 5) is 58.0. The van der Waals surface area contributed by atoms with E-state index < -0.39 is 69.9 Å². The Labute approximate surface area is 367 Å². The highest BCUT2D eigenvalue weighted by Gasteiger charge is 2.68. The minimum Gasteiger partial charge on any atom is -0.496 e. The zero-order valence-corrected chi connectivity index (χ0v) is 38.5. The molecule has 2 aromatic carbocycles. The molecule has 3 aromatic rings. The number of methoxy groups -OCH3 is 1. The van der Waals surface area contributed by atoms with E-state index in [9.17, 15) is 27.6 Å². The molecule has 6 atom stereocenters. The number of nitrogens with zero attached hydrogens (tertiary/aromatic N) is 1. The summed E-state index contributed by atoms with van der Waals surface area (Å²) in [5.74, 6) is -1.13. The fraction of sp³-hybridized carbons (Fsp3) is 0.558. The topological polar surface area (TPSA) is 207 Å². The van der Waals surface area contributed by atoms with Crippen LogP contribution in [0.25, 0.3) is 0 Å². The first-order valence-electron chi connectivity index (χ1n) is 20.6. The van der Waals surface area contributed by atoms with E-state index in [1.54, 1.807) is 71.9 Å². The minimum atomic E-state index is -4.77. The van der Waals surface area contributed by atoms with Crippen molar-refractivity contribution in [2.75, 3.05) is 12.4 Å². The normalized spacial score (nSPS) is 22.6. The number of thiazole rings is 1. The summed E-state index contributed by atoms with van der Waals surface area (Å²) in [6, 6.07) is 12.4. The van der Waals surface area contributed by atoms with Gasteiger partial charge in [0.15, 0.2) is 10.9 Å². The highest BCUT2D eigenvalue weighted by atomic mass is 32.2. The Balaban J connectivity index is 1.32. The van der Waals surface area contributed by atoms with Gasteiger partial charge >= 0.3 is 35.5 Å². The summed E-state index contributed by atoms with van der Waals surface area (Å²) >= 11 is 0.939. The number of carbonyl (C=O) groups excluding carboxylic acids is 4. The van der Waals surface area contributed by atoms with Crippen molar-refractivity contribution in [2.45, 2.75) is 129 Å². The third-order valence-corrected chi connectivity index (χ3v) is 13.4. The number of ketones is 1. The first-order chi connectivity index (χ1) is 28.9. The number of hydrogen-bond acceptors (Lipinski definition) is 14. The molecular weight excluding hydrogens is 839 g/mol. The highest BCUT2D eigenvalue weighted by Crippen LogP contribution is 2.66. The van der Waals surface area contributed by atoms with E-state index in [0.29, 0.717) is 11.5 Å². The molecule has 2 heterocycles. The Kier molecular flexibility index (Phi) is 13.6. The van der Waals surface area contributed by atoms with Crippen LogP contribution in [0.4, 0.5) is 14.7 Å². The smallest absolute Gasteiger partial charge is 0.461 e. The maximum Gasteiger partial charge on any atom is 0.461 e. The molecule has 2 amide bonds. The molecule has 4 aliphatic rings. The van der Waals surface area contributed by atoms with E-state index in [-0.39, 0.29) is 59.0 Å². The van der Waals surface area contributed by atoms with Crippen LogP contribution in [0.15, 0.2) is 53.9 Å². The third-order valence-electron chi connectivity index (χ3n) is 11.7. The Morgan fingerprint density at radius 1 is 0.952 bits per heavy atom. The lowest BCUT2D eigenvalue weighted by molar-refractivity contribution is -0.199. The van der Waals surface area contributed by atoms with Gasteiger partial charge in [0, 0.05) is 17.6 Å². The summed E-state index contributed by atoms with van der Waals surface area (Å²) in [6.45, 7) is 16.5. The lowest BCUT2D eigenvalue weighted by Gasteiger charge is -2.64. The van der Waals surface area contributed by atoms with Crippen molar-refractivity contribution in [1.82, 2.24) is 14.4 Å². The molecular formula is C43H57BN4O12S2. The van der Waals surface area contributed by atoms with Gasteiger partial charge in [-0.3, -0.25) is 10.1 Å². The average molecular weight is 897 g/mol. The van der Waals surface area contributed by atoms with Crippen molar-refractivity contribution in [1.29, 1.82) is 0 Å². The molecule has 3 N–H and O–H groups in total. The van der Waals surface area contributed by atoms with Crippen LogP contribution in [-0.2, 0) is 51.6 Å². The fourth-order valence-corrected chi connectivity index (χ4v) is 10.3. The van der Waals surface area contributed by atoms with Gasteiger partial charge in [-0.25, -0.2) is 24.1 Å². The monoisotopic (exact) mass is 896 g/mol. The van der Waals surface area contributed by atoms with Crippen LogP contribution in [0.1, 0.15) is 115 Å². The van der Waals surface area contributed by atoms with Gasteiger partial charge in [-0.1, -0.05) is 56.3 Å². The largest absolute Gasteiger partial charge is 0.496 e. The third kappa shape index (κ3) is 11.0. The standard InChI is InChI=1S/C43H57BN4O12S2/c1-40(2,3)57-36(50)29-18-14-17-26(35(29)55-10)19-28(44-59-33-21-27-20-32(42(27,7)8)43(33,9)60-44)22-31(49)34(47-62(53,54)48-39(52)58-41(4,5)6)30-24-61-37(45-30)46-38(51)56-23-25-15-12-11-13-16-25/h11-18,24,27-28,32-34,47H,19-23H2,1-10H3,(H,48,52)(H,45,46,51)/t27-,28+,32-,33?,34?,43-/m0/s1. The predicted molar refractivity (Wildman–Crippen MR) is 232 cm³/mol. The number of nitrogens with one attached hydrogen (secondary N) is 3. The number of aromatic nitrogens is 1. The molecule has 3 aliphatic carbocycles. The zero-order valence-electron chi connectivity index (χ0n) is 36.9. The first-order valence-corrected chi connectivity index (χ1v) is 22.9. The highest BCUT2D eigenvalue weighted by molar-refractivity contribution is 7.88. The number of benzene rings is 2. The maximum absolute atomic E-state index is 14.8. The van der Waals surface area contributed by atoms with E-state index in [1.165, 1.54) is 12.5 Å². The van der Waals surface area contributed by atoms with Crippen molar-refractivity contribution in [3.05, 3.63) is 76.3 Å². The van der Waals surface area contributed by atoms with Gasteiger partial charge in [-0.05, 0) is 102 Å². The van der Waals surface area contributed by atoms with Crippen molar-refractivity contribution in [3.63, 3.8) is 0 Å². The number of hydrogen-bond donors (Lipinski definition) is 3. The minimum absolute atomic E-state index is 0.0148. The van der Waals surface area contributed by atoms with Gasteiger partial charge in [0.1, 0.15) is 35.2 Å². The molecule has 16 nitrogen and oxygen atoms in total. The van der Waals surface area contributed by atoms with Gasteiger partial charge in [0.25, 0.3) is 0 Å². The summed E-state index contributed by atoms with van der Waals surface area (Å²) in [7, 11) is -4.26. The summed E-state index contributed by atoms with van der Waals surface area (Å²) in [5, 5.41) is 3.97. The molecule has 2 bridgehead atoms. The van der Waals surface area contributed by atoms with Crippen LogP contribution in [0, 0.1) is 17.3 Å². The predicted octanol–water partition coefficient (Wildman–Crippen LogP) is 7.56. The molecule has 2 unspecified atom stereocenters. The molecule has 7 rings (SSSR count). The molecule has 0 spiro atoms. The first kappa shape index (κ1) is 46.9. The Bertz CT molecular complexity index is 2260. The van der Waals surface area contributed by atoms with Crippen molar-refractivity contribution >= 4 is 57.7 Å². The van der Waals surface area contributed by atoms with Crippen LogP contribution in [0.2, 0.25) is 5.82 Å². The number of para-hydroxylation sites is 1. The van der Waals surface area contributed by atoms with Gasteiger partial charge in [-0.2, -0.15) is 13.1 Å². The lowest BCUT2D eigenvalue weighted by atomic mass is 9.43. The number of rotatable bonds is 15. The van der Waals surface area contributed by atoms with E-state index in [0.717, 1.165) is 29.7 Å². The molecule has 1 saturated heterocycles. The number of carbonyl (C=O) groups is 4. The lowest BCUT2D eigenvalue weighted by Crippen LogP contribution is -2.65. The molecule has 62 heavy (non-hydrogen) atoms. The second kappa shape index (κ2) is 17.9. The summed E-state index contributed by atoms with van der Waals surface area (Å²) < 4.78 is 66.8. The SMILES string of the molecule is COc1c(C[C@H](CC(=O)C(NS(=O)(=O)NC(=O)OC(C)(C)C)c2csc(NC(=O)OCc3ccccc3)n2)B2OC3C[C@@H]4C[C@@H](C4(C)C)[C@]3(C)O2)cccc1C(=O)OC(C)(C)C. The van der Waals surface area contributed by atoms with Crippen molar-refractivity contribution < 1.29 is 55.9 Å².